The molecule has 9 aromatic rings. The van der Waals surface area contributed by atoms with E-state index in [0.29, 0.717) is 0 Å². The highest BCUT2D eigenvalue weighted by Gasteiger charge is 2.12. The van der Waals surface area contributed by atoms with Gasteiger partial charge in [-0.25, -0.2) is 0 Å². The van der Waals surface area contributed by atoms with E-state index in [9.17, 15) is 0 Å². The number of benzene rings is 6. The Bertz CT molecular complexity index is 2230. The first-order valence-electron chi connectivity index (χ1n) is 13.1. The van der Waals surface area contributed by atoms with Gasteiger partial charge in [-0.05, 0) is 82.9 Å². The number of fused-ring (bicyclic) bond motifs is 9. The normalized spacial score (nSPS) is 12.1. The van der Waals surface area contributed by atoms with Crippen LogP contribution in [0, 0.1) is 0 Å². The molecule has 0 N–H and O–H groups in total. The molecule has 6 aromatic carbocycles. The quantitative estimate of drug-likeness (QED) is 0.201. The fraction of sp³-hybridized carbons (Fsp3) is 0. The minimum Gasteiger partial charge on any atom is -0.135 e. The van der Waals surface area contributed by atoms with E-state index in [0.717, 1.165) is 0 Å². The summed E-state index contributed by atoms with van der Waals surface area (Å²) in [7, 11) is 0. The van der Waals surface area contributed by atoms with Gasteiger partial charge in [0.15, 0.2) is 0 Å². The summed E-state index contributed by atoms with van der Waals surface area (Å²) in [6.07, 6.45) is 0. The van der Waals surface area contributed by atoms with Crippen molar-refractivity contribution in [3.05, 3.63) is 121 Å². The lowest BCUT2D eigenvalue weighted by Gasteiger charge is -2.05. The predicted octanol–water partition coefficient (Wildman–Crippen LogP) is 12.1. The first-order valence-corrected chi connectivity index (χ1v) is 15.5. The molecule has 0 aliphatic heterocycles. The Morgan fingerprint density at radius 1 is 0.256 bits per heavy atom. The lowest BCUT2D eigenvalue weighted by atomic mass is 9.98. The third kappa shape index (κ3) is 3.34. The number of thiophene rings is 3. The lowest BCUT2D eigenvalue weighted by Crippen LogP contribution is -1.79. The van der Waals surface area contributed by atoms with E-state index in [1.807, 2.05) is 34.0 Å². The van der Waals surface area contributed by atoms with Crippen molar-refractivity contribution in [2.75, 3.05) is 0 Å². The van der Waals surface area contributed by atoms with Crippen molar-refractivity contribution >= 4 is 94.5 Å². The standard InChI is InChI=1S/C36H20S3/c1-3-7-31-25(5-1)27-17-21(9-13-33(27)37-31)23-11-15-35-29(19-23)30-20-24(12-16-36(30)39-35)22-10-14-34-28(18-22)26-6-2-4-8-32(26)38-34/h1-20H. The van der Waals surface area contributed by atoms with Crippen LogP contribution in [-0.4, -0.2) is 0 Å². The highest BCUT2D eigenvalue weighted by molar-refractivity contribution is 7.26. The van der Waals surface area contributed by atoms with Crippen molar-refractivity contribution in [2.24, 2.45) is 0 Å². The number of hydrogen-bond donors (Lipinski definition) is 0. The maximum absolute atomic E-state index is 2.39. The molecule has 0 fully saturated rings. The molecule has 0 spiro atoms. The van der Waals surface area contributed by atoms with Crippen molar-refractivity contribution in [3.63, 3.8) is 0 Å². The molecule has 0 bridgehead atoms. The topological polar surface area (TPSA) is 0 Å². The molecule has 3 aromatic heterocycles. The molecule has 0 nitrogen and oxygen atoms in total. The van der Waals surface area contributed by atoms with Crippen LogP contribution in [-0.2, 0) is 0 Å². The van der Waals surface area contributed by atoms with Crippen LogP contribution >= 0.6 is 34.0 Å². The number of hydrogen-bond acceptors (Lipinski definition) is 3. The molecular weight excluding hydrogens is 529 g/mol. The second-order valence-corrected chi connectivity index (χ2v) is 13.4. The highest BCUT2D eigenvalue weighted by Crippen LogP contribution is 2.41. The molecule has 0 radical (unpaired) electrons. The molecule has 0 saturated heterocycles. The largest absolute Gasteiger partial charge is 0.135 e. The summed E-state index contributed by atoms with van der Waals surface area (Å²) in [5.41, 5.74) is 5.10. The van der Waals surface area contributed by atoms with Gasteiger partial charge in [-0.2, -0.15) is 0 Å². The van der Waals surface area contributed by atoms with E-state index in [-0.39, 0.29) is 0 Å². The second kappa shape index (κ2) is 8.24. The second-order valence-electron chi connectivity index (χ2n) is 10.1. The summed E-state index contributed by atoms with van der Waals surface area (Å²) >= 11 is 5.63. The fourth-order valence-corrected chi connectivity index (χ4v) is 9.19. The van der Waals surface area contributed by atoms with Gasteiger partial charge in [0.2, 0.25) is 0 Å². The molecule has 182 valence electrons. The van der Waals surface area contributed by atoms with Gasteiger partial charge in [0, 0.05) is 60.5 Å². The molecule has 0 saturated carbocycles. The zero-order chi connectivity index (χ0) is 25.5. The lowest BCUT2D eigenvalue weighted by molar-refractivity contribution is 1.71. The van der Waals surface area contributed by atoms with Gasteiger partial charge in [0.05, 0.1) is 0 Å². The SMILES string of the molecule is c1ccc2c(c1)sc1ccc(-c3ccc4sc5ccc(-c6ccc7sc8ccccc8c7c6)cc5c4c3)cc12. The van der Waals surface area contributed by atoms with Crippen molar-refractivity contribution in [2.45, 2.75) is 0 Å². The van der Waals surface area contributed by atoms with Gasteiger partial charge in [0.1, 0.15) is 0 Å². The van der Waals surface area contributed by atoms with E-state index in [4.69, 9.17) is 0 Å². The summed E-state index contributed by atoms with van der Waals surface area (Å²) in [6, 6.07) is 45.3. The van der Waals surface area contributed by atoms with Crippen LogP contribution in [0.1, 0.15) is 0 Å². The molecular formula is C36H20S3. The molecule has 9 rings (SSSR count). The third-order valence-corrected chi connectivity index (χ3v) is 11.3. The maximum atomic E-state index is 2.39. The molecule has 0 atom stereocenters. The Hall–Kier alpha value is -4.02. The van der Waals surface area contributed by atoms with Crippen LogP contribution < -0.4 is 0 Å². The summed E-state index contributed by atoms with van der Waals surface area (Å²) in [6.45, 7) is 0. The third-order valence-electron chi connectivity index (χ3n) is 7.89. The summed E-state index contributed by atoms with van der Waals surface area (Å²) in [5, 5.41) is 8.07. The molecule has 3 heteroatoms. The van der Waals surface area contributed by atoms with Crippen LogP contribution in [0.25, 0.3) is 82.8 Å². The van der Waals surface area contributed by atoms with Crippen LogP contribution in [0.5, 0.6) is 0 Å². The van der Waals surface area contributed by atoms with Gasteiger partial charge in [0.25, 0.3) is 0 Å². The van der Waals surface area contributed by atoms with E-state index in [1.54, 1.807) is 0 Å². The van der Waals surface area contributed by atoms with E-state index < -0.39 is 0 Å². The van der Waals surface area contributed by atoms with Crippen molar-refractivity contribution < 1.29 is 0 Å². The van der Waals surface area contributed by atoms with Gasteiger partial charge < -0.3 is 0 Å². The Balaban J connectivity index is 1.20. The molecule has 0 unspecified atom stereocenters. The van der Waals surface area contributed by atoms with Gasteiger partial charge in [-0.15, -0.1) is 34.0 Å². The Morgan fingerprint density at radius 3 is 0.897 bits per heavy atom. The minimum atomic E-state index is 1.27. The van der Waals surface area contributed by atoms with E-state index >= 15 is 0 Å². The average molecular weight is 549 g/mol. The van der Waals surface area contributed by atoms with Crippen LogP contribution in [0.4, 0.5) is 0 Å². The van der Waals surface area contributed by atoms with E-state index in [1.165, 1.54) is 82.8 Å². The van der Waals surface area contributed by atoms with Crippen molar-refractivity contribution in [3.8, 4) is 22.3 Å². The first kappa shape index (κ1) is 21.9. The van der Waals surface area contributed by atoms with E-state index in [2.05, 4.69) is 121 Å². The smallest absolute Gasteiger partial charge is 0.0355 e. The average Bonchev–Trinajstić information content (AvgIpc) is 3.66. The highest BCUT2D eigenvalue weighted by atomic mass is 32.1. The fourth-order valence-electron chi connectivity index (χ4n) is 5.95. The Labute approximate surface area is 237 Å². The molecule has 0 aliphatic rings. The number of rotatable bonds is 2. The first-order chi connectivity index (χ1) is 19.3. The van der Waals surface area contributed by atoms with Crippen LogP contribution in [0.15, 0.2) is 121 Å². The monoisotopic (exact) mass is 548 g/mol. The Morgan fingerprint density at radius 2 is 0.538 bits per heavy atom. The zero-order valence-electron chi connectivity index (χ0n) is 20.8. The molecule has 0 amide bonds. The Kier molecular flexibility index (Phi) is 4.62. The van der Waals surface area contributed by atoms with Crippen molar-refractivity contribution in [1.29, 1.82) is 0 Å². The van der Waals surface area contributed by atoms with Crippen LogP contribution in [0.3, 0.4) is 0 Å². The minimum absolute atomic E-state index is 1.27. The molecule has 0 aliphatic carbocycles. The molecule has 3 heterocycles. The maximum Gasteiger partial charge on any atom is 0.0355 e. The summed E-state index contributed by atoms with van der Waals surface area (Å²) < 4.78 is 8.08. The van der Waals surface area contributed by atoms with Gasteiger partial charge >= 0.3 is 0 Å². The molecule has 39 heavy (non-hydrogen) atoms. The summed E-state index contributed by atoms with van der Waals surface area (Å²) in [5.74, 6) is 0. The predicted molar refractivity (Wildman–Crippen MR) is 176 cm³/mol. The van der Waals surface area contributed by atoms with Crippen molar-refractivity contribution in [1.82, 2.24) is 0 Å². The summed E-state index contributed by atoms with van der Waals surface area (Å²) in [4.78, 5) is 0. The van der Waals surface area contributed by atoms with Crippen LogP contribution in [0.2, 0.25) is 0 Å². The van der Waals surface area contributed by atoms with Gasteiger partial charge in [-0.1, -0.05) is 60.7 Å². The van der Waals surface area contributed by atoms with Gasteiger partial charge in [-0.3, -0.25) is 0 Å². The zero-order valence-corrected chi connectivity index (χ0v) is 23.2.